The number of aryl methyl sites for hydroxylation is 1. The second kappa shape index (κ2) is 7.20. The second-order valence-corrected chi connectivity index (χ2v) is 6.22. The third kappa shape index (κ3) is 4.89. The first kappa shape index (κ1) is 15.5. The number of aliphatic hydroxyl groups excluding tert-OH is 1. The fourth-order valence-corrected chi connectivity index (χ4v) is 2.99. The van der Waals surface area contributed by atoms with Crippen molar-refractivity contribution in [1.29, 1.82) is 0 Å². The van der Waals surface area contributed by atoms with E-state index in [9.17, 15) is 5.11 Å². The van der Waals surface area contributed by atoms with Crippen LogP contribution in [0.1, 0.15) is 31.2 Å². The molecule has 1 aromatic rings. The number of hydrogen-bond acceptors (Lipinski definition) is 5. The summed E-state index contributed by atoms with van der Waals surface area (Å²) in [6.07, 6.45) is 2.21. The molecule has 1 N–H and O–H groups in total. The maximum Gasteiger partial charge on any atom is 0.150 e. The monoisotopic (exact) mass is 281 g/mol. The van der Waals surface area contributed by atoms with Crippen LogP contribution in [0.2, 0.25) is 0 Å². The van der Waals surface area contributed by atoms with Gasteiger partial charge in [-0.1, -0.05) is 5.16 Å². The first-order valence-electron chi connectivity index (χ1n) is 7.54. The normalized spacial score (nSPS) is 19.6. The third-order valence-electron chi connectivity index (χ3n) is 3.90. The van der Waals surface area contributed by atoms with Gasteiger partial charge in [-0.3, -0.25) is 4.90 Å². The molecule has 1 aliphatic rings. The van der Waals surface area contributed by atoms with Gasteiger partial charge in [0.25, 0.3) is 0 Å². The van der Waals surface area contributed by atoms with Gasteiger partial charge in [0.1, 0.15) is 0 Å². The van der Waals surface area contributed by atoms with Crippen molar-refractivity contribution in [3.8, 4) is 0 Å². The van der Waals surface area contributed by atoms with Crippen LogP contribution in [-0.2, 0) is 6.54 Å². The molecule has 5 heteroatoms. The highest BCUT2D eigenvalue weighted by atomic mass is 16.5. The van der Waals surface area contributed by atoms with E-state index in [-0.39, 0.29) is 6.10 Å². The maximum atomic E-state index is 9.42. The molecule has 1 aliphatic heterocycles. The van der Waals surface area contributed by atoms with Crippen molar-refractivity contribution >= 4 is 0 Å². The lowest BCUT2D eigenvalue weighted by Gasteiger charge is -2.34. The summed E-state index contributed by atoms with van der Waals surface area (Å²) >= 11 is 0. The minimum absolute atomic E-state index is 0.219. The molecular formula is C15H27N3O2. The van der Waals surface area contributed by atoms with Crippen LogP contribution in [0, 0.1) is 12.8 Å². The lowest BCUT2D eigenvalue weighted by atomic mass is 9.96. The van der Waals surface area contributed by atoms with Gasteiger partial charge in [0, 0.05) is 19.2 Å². The predicted octanol–water partition coefficient (Wildman–Crippen LogP) is 1.51. The van der Waals surface area contributed by atoms with E-state index in [1.54, 1.807) is 0 Å². The Morgan fingerprint density at radius 2 is 2.20 bits per heavy atom. The fourth-order valence-electron chi connectivity index (χ4n) is 2.99. The third-order valence-corrected chi connectivity index (χ3v) is 3.90. The predicted molar refractivity (Wildman–Crippen MR) is 78.4 cm³/mol. The number of likely N-dealkylation sites (tertiary alicyclic amines) is 1. The van der Waals surface area contributed by atoms with Crippen molar-refractivity contribution in [2.75, 3.05) is 33.2 Å². The average molecular weight is 281 g/mol. The molecule has 1 atom stereocenters. The molecule has 5 nitrogen and oxygen atoms in total. The van der Waals surface area contributed by atoms with Crippen molar-refractivity contribution in [3.05, 3.63) is 17.5 Å². The Labute approximate surface area is 121 Å². The molecule has 0 radical (unpaired) electrons. The number of aromatic nitrogens is 1. The van der Waals surface area contributed by atoms with Crippen LogP contribution >= 0.6 is 0 Å². The second-order valence-electron chi connectivity index (χ2n) is 6.22. The molecule has 20 heavy (non-hydrogen) atoms. The minimum atomic E-state index is -0.219. The molecule has 0 aromatic carbocycles. The van der Waals surface area contributed by atoms with E-state index < -0.39 is 0 Å². The van der Waals surface area contributed by atoms with Crippen LogP contribution in [0.4, 0.5) is 0 Å². The molecule has 0 bridgehead atoms. The smallest absolute Gasteiger partial charge is 0.150 e. The number of nitrogens with zero attached hydrogens (tertiary/aromatic N) is 3. The van der Waals surface area contributed by atoms with Gasteiger partial charge in [-0.2, -0.15) is 0 Å². The Morgan fingerprint density at radius 3 is 2.75 bits per heavy atom. The Hall–Kier alpha value is -0.910. The molecule has 2 rings (SSSR count). The summed E-state index contributed by atoms with van der Waals surface area (Å²) in [7, 11) is 2.14. The van der Waals surface area contributed by atoms with Gasteiger partial charge in [-0.05, 0) is 52.7 Å². The van der Waals surface area contributed by atoms with Crippen LogP contribution in [0.3, 0.4) is 0 Å². The van der Waals surface area contributed by atoms with Crippen LogP contribution in [0.5, 0.6) is 0 Å². The summed E-state index contributed by atoms with van der Waals surface area (Å²) in [4.78, 5) is 4.68. The van der Waals surface area contributed by atoms with E-state index in [4.69, 9.17) is 4.52 Å². The SMILES string of the molecule is Cc1cc(CN(C)CC2CCN(CC(C)O)CC2)on1. The van der Waals surface area contributed by atoms with Gasteiger partial charge in [-0.25, -0.2) is 0 Å². The highest BCUT2D eigenvalue weighted by Gasteiger charge is 2.21. The van der Waals surface area contributed by atoms with Crippen LogP contribution < -0.4 is 0 Å². The maximum absolute atomic E-state index is 9.42. The van der Waals surface area contributed by atoms with Crippen molar-refractivity contribution < 1.29 is 9.63 Å². The number of rotatable bonds is 6. The molecule has 0 aliphatic carbocycles. The molecule has 0 spiro atoms. The molecular weight excluding hydrogens is 254 g/mol. The number of aliphatic hydroxyl groups is 1. The molecule has 114 valence electrons. The van der Waals surface area contributed by atoms with Crippen LogP contribution in [0.25, 0.3) is 0 Å². The number of hydrogen-bond donors (Lipinski definition) is 1. The average Bonchev–Trinajstić information content (AvgIpc) is 2.76. The fraction of sp³-hybridized carbons (Fsp3) is 0.800. The lowest BCUT2D eigenvalue weighted by molar-refractivity contribution is 0.0910. The zero-order valence-electron chi connectivity index (χ0n) is 12.9. The summed E-state index contributed by atoms with van der Waals surface area (Å²) in [5.41, 5.74) is 0.944. The van der Waals surface area contributed by atoms with Crippen molar-refractivity contribution in [2.24, 2.45) is 5.92 Å². The Balaban J connectivity index is 1.69. The molecule has 0 saturated carbocycles. The summed E-state index contributed by atoms with van der Waals surface area (Å²) in [5.74, 6) is 1.69. The Bertz CT molecular complexity index is 398. The zero-order chi connectivity index (χ0) is 14.5. The van der Waals surface area contributed by atoms with E-state index in [2.05, 4.69) is 22.0 Å². The summed E-state index contributed by atoms with van der Waals surface area (Å²) in [6, 6.07) is 2.00. The van der Waals surface area contributed by atoms with Crippen LogP contribution in [-0.4, -0.2) is 59.4 Å². The summed E-state index contributed by atoms with van der Waals surface area (Å²) < 4.78 is 5.26. The van der Waals surface area contributed by atoms with E-state index >= 15 is 0 Å². The van der Waals surface area contributed by atoms with Gasteiger partial charge in [0.05, 0.1) is 18.3 Å². The Kier molecular flexibility index (Phi) is 5.57. The van der Waals surface area contributed by atoms with Gasteiger partial charge in [0.2, 0.25) is 0 Å². The first-order chi connectivity index (χ1) is 9.52. The van der Waals surface area contributed by atoms with Gasteiger partial charge in [0.15, 0.2) is 5.76 Å². The molecule has 0 amide bonds. The van der Waals surface area contributed by atoms with Crippen molar-refractivity contribution in [3.63, 3.8) is 0 Å². The zero-order valence-corrected chi connectivity index (χ0v) is 12.9. The summed E-state index contributed by atoms with van der Waals surface area (Å²) in [5, 5.41) is 13.3. The standard InChI is InChI=1S/C15H27N3O2/c1-12-8-15(20-16-12)11-17(3)10-14-4-6-18(7-5-14)9-13(2)19/h8,13-14,19H,4-7,9-11H2,1-3H3. The molecule has 1 fully saturated rings. The van der Waals surface area contributed by atoms with Gasteiger partial charge >= 0.3 is 0 Å². The molecule has 1 unspecified atom stereocenters. The quantitative estimate of drug-likeness (QED) is 0.856. The highest BCUT2D eigenvalue weighted by molar-refractivity contribution is 5.02. The number of β-amino-alcohol motifs (C(OH)–C–C–N with tert-alkyl or cyclic N) is 1. The minimum Gasteiger partial charge on any atom is -0.392 e. The molecule has 2 heterocycles. The largest absolute Gasteiger partial charge is 0.392 e. The lowest BCUT2D eigenvalue weighted by Crippen LogP contribution is -2.40. The van der Waals surface area contributed by atoms with E-state index in [0.29, 0.717) is 0 Å². The van der Waals surface area contributed by atoms with E-state index in [0.717, 1.165) is 50.1 Å². The topological polar surface area (TPSA) is 52.7 Å². The van der Waals surface area contributed by atoms with Gasteiger partial charge in [-0.15, -0.1) is 0 Å². The first-order valence-corrected chi connectivity index (χ1v) is 7.54. The van der Waals surface area contributed by atoms with Gasteiger partial charge < -0.3 is 14.5 Å². The van der Waals surface area contributed by atoms with Crippen molar-refractivity contribution in [1.82, 2.24) is 15.0 Å². The molecule has 1 saturated heterocycles. The van der Waals surface area contributed by atoms with E-state index in [1.165, 1.54) is 12.8 Å². The number of piperidine rings is 1. The van der Waals surface area contributed by atoms with Crippen LogP contribution in [0.15, 0.2) is 10.6 Å². The van der Waals surface area contributed by atoms with Crippen molar-refractivity contribution in [2.45, 2.75) is 39.3 Å². The van der Waals surface area contributed by atoms with E-state index in [1.807, 2.05) is 19.9 Å². The summed E-state index contributed by atoms with van der Waals surface area (Å²) in [6.45, 7) is 8.75. The Morgan fingerprint density at radius 1 is 1.50 bits per heavy atom. The highest BCUT2D eigenvalue weighted by Crippen LogP contribution is 2.19. The molecule has 1 aromatic heterocycles.